The zero-order valence-corrected chi connectivity index (χ0v) is 23.3. The lowest BCUT2D eigenvalue weighted by Gasteiger charge is -2.54. The topological polar surface area (TPSA) is 60.8 Å². The van der Waals surface area contributed by atoms with Gasteiger partial charge in [0.2, 0.25) is 5.91 Å². The summed E-state index contributed by atoms with van der Waals surface area (Å²) in [7, 11) is 0. The van der Waals surface area contributed by atoms with Crippen molar-refractivity contribution in [3.8, 4) is 5.75 Å². The summed E-state index contributed by atoms with van der Waals surface area (Å²) in [5, 5.41) is 21.1. The highest BCUT2D eigenvalue weighted by molar-refractivity contribution is 5.76. The maximum Gasteiger partial charge on any atom is 0.222 e. The Bertz CT molecular complexity index is 909. The first-order valence-electron chi connectivity index (χ1n) is 15.7. The van der Waals surface area contributed by atoms with Crippen molar-refractivity contribution in [1.29, 1.82) is 0 Å². The first-order chi connectivity index (χ1) is 18.0. The second-order valence-electron chi connectivity index (χ2n) is 13.2. The molecule has 2 N–H and O–H groups in total. The molecule has 5 rings (SSSR count). The smallest absolute Gasteiger partial charge is 0.222 e. The van der Waals surface area contributed by atoms with E-state index in [0.29, 0.717) is 35.3 Å². The number of fused-ring (bicyclic) bond motifs is 5. The quantitative estimate of drug-likeness (QED) is 0.306. The van der Waals surface area contributed by atoms with Crippen molar-refractivity contribution < 1.29 is 15.0 Å². The largest absolute Gasteiger partial charge is 0.508 e. The number of amides is 1. The van der Waals surface area contributed by atoms with Gasteiger partial charge in [-0.1, -0.05) is 57.9 Å². The molecule has 1 aliphatic heterocycles. The van der Waals surface area contributed by atoms with Crippen molar-refractivity contribution in [3.63, 3.8) is 0 Å². The van der Waals surface area contributed by atoms with Crippen LogP contribution in [0, 0.1) is 23.2 Å². The Balaban J connectivity index is 1.06. The molecule has 0 bridgehead atoms. The normalized spacial score (nSPS) is 32.7. The van der Waals surface area contributed by atoms with Gasteiger partial charge < -0.3 is 15.1 Å². The van der Waals surface area contributed by atoms with E-state index < -0.39 is 0 Å². The van der Waals surface area contributed by atoms with Crippen LogP contribution in [0.2, 0.25) is 0 Å². The van der Waals surface area contributed by atoms with Crippen LogP contribution in [0.3, 0.4) is 0 Å². The van der Waals surface area contributed by atoms with E-state index in [9.17, 15) is 15.0 Å². The van der Waals surface area contributed by atoms with E-state index in [1.165, 1.54) is 88.2 Å². The van der Waals surface area contributed by atoms with Crippen LogP contribution in [0.4, 0.5) is 0 Å². The van der Waals surface area contributed by atoms with Gasteiger partial charge in [0.05, 0.1) is 6.10 Å². The molecule has 37 heavy (non-hydrogen) atoms. The molecule has 1 heterocycles. The molecular formula is C33H51NO3. The van der Waals surface area contributed by atoms with Crippen molar-refractivity contribution in [2.75, 3.05) is 13.1 Å². The molecule has 3 fully saturated rings. The fourth-order valence-corrected chi connectivity index (χ4v) is 9.00. The van der Waals surface area contributed by atoms with Crippen molar-refractivity contribution in [3.05, 3.63) is 29.3 Å². The van der Waals surface area contributed by atoms with Gasteiger partial charge in [-0.05, 0) is 110 Å². The molecular weight excluding hydrogens is 458 g/mol. The van der Waals surface area contributed by atoms with E-state index >= 15 is 0 Å². The highest BCUT2D eigenvalue weighted by Crippen LogP contribution is 2.63. The number of benzene rings is 1. The van der Waals surface area contributed by atoms with Gasteiger partial charge in [0.25, 0.3) is 0 Å². The van der Waals surface area contributed by atoms with Crippen LogP contribution in [-0.2, 0) is 11.2 Å². The van der Waals surface area contributed by atoms with Crippen LogP contribution in [0.1, 0.15) is 127 Å². The lowest BCUT2D eigenvalue weighted by atomic mass is 9.51. The molecule has 4 heteroatoms. The molecule has 3 unspecified atom stereocenters. The van der Waals surface area contributed by atoms with Crippen molar-refractivity contribution in [1.82, 2.24) is 4.90 Å². The number of aliphatic hydroxyl groups is 1. The van der Waals surface area contributed by atoms with Gasteiger partial charge in [-0.25, -0.2) is 0 Å². The standard InChI is InChI=1S/C33H51NO3/c1-33-23-25(12-8-6-4-2-3-5-7-9-13-31(37)34-20-10-11-21-34)32-27-17-15-26(35)22-24(27)14-16-28(32)29(33)18-19-30(33)36/h15,17,22,25,28-30,32,35-36H,2-14,16,18-21,23H2,1H3/t25-,28?,29?,30-,32?,33-/m0/s1. The number of carbonyl (C=O) groups excluding carboxylic acids is 1. The van der Waals surface area contributed by atoms with Gasteiger partial charge in [0.1, 0.15) is 5.75 Å². The van der Waals surface area contributed by atoms with Gasteiger partial charge in [-0.2, -0.15) is 0 Å². The number of phenols is 1. The molecule has 0 aromatic heterocycles. The minimum Gasteiger partial charge on any atom is -0.508 e. The number of aromatic hydroxyl groups is 1. The van der Waals surface area contributed by atoms with Gasteiger partial charge >= 0.3 is 0 Å². The Kier molecular flexibility index (Phi) is 8.84. The molecule has 3 aliphatic carbocycles. The Morgan fingerprint density at radius 2 is 1.68 bits per heavy atom. The van der Waals surface area contributed by atoms with Gasteiger partial charge in [0, 0.05) is 19.5 Å². The molecule has 0 spiro atoms. The summed E-state index contributed by atoms with van der Waals surface area (Å²) in [6.45, 7) is 4.36. The number of phenolic OH excluding ortho intramolecular Hbond substituents is 1. The molecule has 4 aliphatic rings. The molecule has 6 atom stereocenters. The highest BCUT2D eigenvalue weighted by Gasteiger charge is 2.57. The summed E-state index contributed by atoms with van der Waals surface area (Å²) in [6, 6.07) is 6.14. The monoisotopic (exact) mass is 509 g/mol. The number of aryl methyl sites for hydroxylation is 1. The molecule has 1 aromatic rings. The molecule has 206 valence electrons. The highest BCUT2D eigenvalue weighted by atomic mass is 16.3. The summed E-state index contributed by atoms with van der Waals surface area (Å²) in [5.41, 5.74) is 2.97. The zero-order chi connectivity index (χ0) is 25.8. The van der Waals surface area contributed by atoms with Crippen molar-refractivity contribution in [2.24, 2.45) is 23.2 Å². The number of rotatable bonds is 11. The van der Waals surface area contributed by atoms with E-state index in [-0.39, 0.29) is 11.5 Å². The number of nitrogens with zero attached hydrogens (tertiary/aromatic N) is 1. The molecule has 1 saturated heterocycles. The van der Waals surface area contributed by atoms with Gasteiger partial charge in [-0.15, -0.1) is 0 Å². The maximum atomic E-state index is 12.2. The number of likely N-dealkylation sites (tertiary alicyclic amines) is 1. The van der Waals surface area contributed by atoms with Crippen LogP contribution < -0.4 is 0 Å². The molecule has 1 amide bonds. The van der Waals surface area contributed by atoms with Crippen molar-refractivity contribution in [2.45, 2.75) is 128 Å². The number of hydrogen-bond donors (Lipinski definition) is 2. The Morgan fingerprint density at radius 1 is 0.973 bits per heavy atom. The van der Waals surface area contributed by atoms with E-state index in [4.69, 9.17) is 0 Å². The second-order valence-corrected chi connectivity index (χ2v) is 13.2. The Labute approximate surface area is 225 Å². The first kappa shape index (κ1) is 27.0. The predicted molar refractivity (Wildman–Crippen MR) is 150 cm³/mol. The number of carbonyl (C=O) groups is 1. The molecule has 2 saturated carbocycles. The lowest BCUT2D eigenvalue weighted by Crippen LogP contribution is -2.47. The van der Waals surface area contributed by atoms with Crippen LogP contribution in [0.5, 0.6) is 5.75 Å². The van der Waals surface area contributed by atoms with Crippen LogP contribution in [-0.4, -0.2) is 40.2 Å². The van der Waals surface area contributed by atoms with Crippen LogP contribution in [0.15, 0.2) is 18.2 Å². The zero-order valence-electron chi connectivity index (χ0n) is 23.3. The second kappa shape index (κ2) is 12.1. The fourth-order valence-electron chi connectivity index (χ4n) is 9.00. The van der Waals surface area contributed by atoms with Gasteiger partial charge in [0.15, 0.2) is 0 Å². The average Bonchev–Trinajstić information content (AvgIpc) is 3.53. The Hall–Kier alpha value is -1.55. The summed E-state index contributed by atoms with van der Waals surface area (Å²) in [6.07, 6.45) is 20.0. The molecule has 0 radical (unpaired) electrons. The van der Waals surface area contributed by atoms with Crippen LogP contribution in [0.25, 0.3) is 0 Å². The van der Waals surface area contributed by atoms with E-state index in [1.807, 2.05) is 12.1 Å². The van der Waals surface area contributed by atoms with Crippen LogP contribution >= 0.6 is 0 Å². The van der Waals surface area contributed by atoms with Crippen molar-refractivity contribution >= 4 is 5.91 Å². The SMILES string of the molecule is C[C@]12C[C@H](CCCCCCCCCCC(=O)N3CCCC3)C3c4ccc(O)cc4CCC3C1CC[C@@H]2O. The number of aliphatic hydroxyl groups excluding tert-OH is 1. The third kappa shape index (κ3) is 5.89. The summed E-state index contributed by atoms with van der Waals surface area (Å²) in [5.74, 6) is 3.38. The fraction of sp³-hybridized carbons (Fsp3) is 0.788. The van der Waals surface area contributed by atoms with E-state index in [1.54, 1.807) is 0 Å². The Morgan fingerprint density at radius 3 is 2.43 bits per heavy atom. The average molecular weight is 510 g/mol. The molecule has 1 aromatic carbocycles. The van der Waals surface area contributed by atoms with E-state index in [2.05, 4.69) is 17.9 Å². The summed E-state index contributed by atoms with van der Waals surface area (Å²) >= 11 is 0. The minimum atomic E-state index is -0.132. The first-order valence-corrected chi connectivity index (χ1v) is 15.7. The van der Waals surface area contributed by atoms with E-state index in [0.717, 1.165) is 45.2 Å². The maximum absolute atomic E-state index is 12.2. The third-order valence-corrected chi connectivity index (χ3v) is 11.0. The lowest BCUT2D eigenvalue weighted by molar-refractivity contribution is -0.130. The predicted octanol–water partition coefficient (Wildman–Crippen LogP) is 7.36. The molecule has 4 nitrogen and oxygen atoms in total. The van der Waals surface area contributed by atoms with Gasteiger partial charge in [-0.3, -0.25) is 4.79 Å². The summed E-state index contributed by atoms with van der Waals surface area (Å²) in [4.78, 5) is 14.2. The minimum absolute atomic E-state index is 0.0937. The third-order valence-electron chi connectivity index (χ3n) is 11.0. The number of unbranched alkanes of at least 4 members (excludes halogenated alkanes) is 7. The summed E-state index contributed by atoms with van der Waals surface area (Å²) < 4.78 is 0. The number of hydrogen-bond acceptors (Lipinski definition) is 3.